The van der Waals surface area contributed by atoms with Crippen molar-refractivity contribution in [1.82, 2.24) is 20.4 Å². The lowest BCUT2D eigenvalue weighted by atomic mass is 10.0. The van der Waals surface area contributed by atoms with Crippen LogP contribution in [0.3, 0.4) is 0 Å². The van der Waals surface area contributed by atoms with Crippen LogP contribution in [0.1, 0.15) is 27.7 Å². The molecule has 182 valence electrons. The number of para-hydroxylation sites is 1. The summed E-state index contributed by atoms with van der Waals surface area (Å²) in [6.45, 7) is 19.5. The average Bonchev–Trinajstić information content (AvgIpc) is 2.82. The van der Waals surface area contributed by atoms with E-state index >= 15 is 0 Å². The van der Waals surface area contributed by atoms with Crippen LogP contribution >= 0.6 is 24.0 Å². The van der Waals surface area contributed by atoms with Crippen molar-refractivity contribution in [1.29, 1.82) is 0 Å². The predicted octanol–water partition coefficient (Wildman–Crippen LogP) is 2.48. The maximum atomic E-state index is 5.50. The van der Waals surface area contributed by atoms with Gasteiger partial charge >= 0.3 is 0 Å². The number of nitrogens with one attached hydrogen (secondary N) is 2. The van der Waals surface area contributed by atoms with Crippen LogP contribution in [-0.2, 0) is 4.74 Å². The fourth-order valence-electron chi connectivity index (χ4n) is 4.32. The molecule has 2 aliphatic rings. The zero-order chi connectivity index (χ0) is 22.1. The van der Waals surface area contributed by atoms with Gasteiger partial charge in [0.25, 0.3) is 0 Å². The Kier molecular flexibility index (Phi) is 11.5. The molecule has 2 fully saturated rings. The van der Waals surface area contributed by atoms with Crippen LogP contribution in [0.4, 0.5) is 5.69 Å². The Balaban J connectivity index is 0.00000363. The standard InChI is InChI=1S/C24H42N6O.HI/c1-5-25-23(27-20-24(3,4)30-15-17-31-18-16-30)26-19-21(2)28-11-13-29(14-12-28)22-9-7-6-8-10-22;/h6-10,21H,5,11-20H2,1-4H3,(H2,25,26,27);1H. The van der Waals surface area contributed by atoms with Crippen LogP contribution in [0.5, 0.6) is 0 Å². The third-order valence-electron chi connectivity index (χ3n) is 6.46. The first-order valence-corrected chi connectivity index (χ1v) is 11.9. The molecular formula is C24H43IN6O. The molecule has 2 N–H and O–H groups in total. The van der Waals surface area contributed by atoms with Crippen molar-refractivity contribution in [2.24, 2.45) is 4.99 Å². The van der Waals surface area contributed by atoms with Gasteiger partial charge in [-0.3, -0.25) is 14.8 Å². The Labute approximate surface area is 212 Å². The molecule has 0 aliphatic carbocycles. The van der Waals surface area contributed by atoms with Crippen molar-refractivity contribution in [2.75, 3.05) is 77.0 Å². The van der Waals surface area contributed by atoms with E-state index in [1.807, 2.05) is 0 Å². The van der Waals surface area contributed by atoms with Crippen LogP contribution in [0.2, 0.25) is 0 Å². The number of ether oxygens (including phenoxy) is 1. The molecule has 3 rings (SSSR count). The maximum absolute atomic E-state index is 5.50. The van der Waals surface area contributed by atoms with Gasteiger partial charge < -0.3 is 20.3 Å². The highest BCUT2D eigenvalue weighted by Crippen LogP contribution is 2.17. The first kappa shape index (κ1) is 27.1. The Morgan fingerprint density at radius 2 is 1.69 bits per heavy atom. The molecule has 2 aliphatic heterocycles. The molecule has 0 aromatic heterocycles. The highest BCUT2D eigenvalue weighted by atomic mass is 127. The number of guanidine groups is 1. The normalized spacial score (nSPS) is 19.9. The summed E-state index contributed by atoms with van der Waals surface area (Å²) in [6.07, 6.45) is 0. The molecule has 1 aromatic rings. The molecule has 0 spiro atoms. The number of piperazine rings is 1. The van der Waals surface area contributed by atoms with Crippen molar-refractivity contribution in [3.05, 3.63) is 30.3 Å². The van der Waals surface area contributed by atoms with Crippen LogP contribution in [-0.4, -0.2) is 99.5 Å². The van der Waals surface area contributed by atoms with Crippen LogP contribution in [0.25, 0.3) is 0 Å². The molecule has 0 amide bonds. The van der Waals surface area contributed by atoms with Crippen molar-refractivity contribution in [2.45, 2.75) is 39.3 Å². The number of hydrogen-bond acceptors (Lipinski definition) is 5. The topological polar surface area (TPSA) is 55.4 Å². The van der Waals surface area contributed by atoms with Crippen LogP contribution in [0, 0.1) is 0 Å². The SMILES string of the molecule is CCNC(=NCC(C)(C)N1CCOCC1)NCC(C)N1CCN(c2ccccc2)CC1.I. The van der Waals surface area contributed by atoms with Crippen LogP contribution in [0.15, 0.2) is 35.3 Å². The minimum absolute atomic E-state index is 0. The van der Waals surface area contributed by atoms with Crippen molar-refractivity contribution >= 4 is 35.6 Å². The average molecular weight is 559 g/mol. The first-order chi connectivity index (χ1) is 15.0. The molecule has 1 aromatic carbocycles. The van der Waals surface area contributed by atoms with Crippen LogP contribution < -0.4 is 15.5 Å². The van der Waals surface area contributed by atoms with E-state index in [-0.39, 0.29) is 29.5 Å². The summed E-state index contributed by atoms with van der Waals surface area (Å²) < 4.78 is 5.50. The van der Waals surface area contributed by atoms with Crippen molar-refractivity contribution in [3.63, 3.8) is 0 Å². The lowest BCUT2D eigenvalue weighted by Crippen LogP contribution is -2.54. The minimum Gasteiger partial charge on any atom is -0.379 e. The number of morpholine rings is 1. The molecule has 1 unspecified atom stereocenters. The summed E-state index contributed by atoms with van der Waals surface area (Å²) in [5.41, 5.74) is 1.36. The molecular weight excluding hydrogens is 515 g/mol. The minimum atomic E-state index is 0. The third kappa shape index (κ3) is 8.04. The van der Waals surface area contributed by atoms with Gasteiger partial charge in [-0.25, -0.2) is 0 Å². The Hall–Kier alpha value is -1.10. The molecule has 1 atom stereocenters. The molecule has 0 bridgehead atoms. The summed E-state index contributed by atoms with van der Waals surface area (Å²) in [5, 5.41) is 6.99. The van der Waals surface area contributed by atoms with Gasteiger partial charge in [-0.05, 0) is 39.8 Å². The van der Waals surface area contributed by atoms with Gasteiger partial charge in [-0.2, -0.15) is 0 Å². The highest BCUT2D eigenvalue weighted by molar-refractivity contribution is 14.0. The summed E-state index contributed by atoms with van der Waals surface area (Å²) in [4.78, 5) is 12.5. The summed E-state index contributed by atoms with van der Waals surface area (Å²) in [5.74, 6) is 0.915. The molecule has 0 saturated carbocycles. The largest absolute Gasteiger partial charge is 0.379 e. The molecule has 8 heteroatoms. The number of nitrogens with zero attached hydrogens (tertiary/aromatic N) is 4. The number of halogens is 1. The van der Waals surface area contributed by atoms with Gasteiger partial charge in [0.2, 0.25) is 0 Å². The zero-order valence-corrected chi connectivity index (χ0v) is 22.7. The predicted molar refractivity (Wildman–Crippen MR) is 146 cm³/mol. The van der Waals surface area contributed by atoms with Gasteiger partial charge in [-0.1, -0.05) is 18.2 Å². The zero-order valence-electron chi connectivity index (χ0n) is 20.3. The smallest absolute Gasteiger partial charge is 0.191 e. The molecule has 0 radical (unpaired) electrons. The first-order valence-electron chi connectivity index (χ1n) is 11.9. The molecule has 2 saturated heterocycles. The van der Waals surface area contributed by atoms with E-state index in [1.54, 1.807) is 0 Å². The summed E-state index contributed by atoms with van der Waals surface area (Å²) in [7, 11) is 0. The Morgan fingerprint density at radius 3 is 2.31 bits per heavy atom. The van der Waals surface area contributed by atoms with E-state index in [9.17, 15) is 0 Å². The second-order valence-electron chi connectivity index (χ2n) is 9.20. The van der Waals surface area contributed by atoms with Gasteiger partial charge in [0.05, 0.1) is 19.8 Å². The highest BCUT2D eigenvalue weighted by Gasteiger charge is 2.28. The Morgan fingerprint density at radius 1 is 1.03 bits per heavy atom. The van der Waals surface area contributed by atoms with Gasteiger partial charge in [0.15, 0.2) is 5.96 Å². The number of hydrogen-bond donors (Lipinski definition) is 2. The third-order valence-corrected chi connectivity index (χ3v) is 6.46. The number of rotatable bonds is 8. The van der Waals surface area contributed by atoms with E-state index in [0.29, 0.717) is 6.04 Å². The second kappa shape index (κ2) is 13.6. The summed E-state index contributed by atoms with van der Waals surface area (Å²) in [6, 6.07) is 11.2. The second-order valence-corrected chi connectivity index (χ2v) is 9.20. The van der Waals surface area contributed by atoms with Crippen molar-refractivity contribution in [3.8, 4) is 0 Å². The lowest BCUT2D eigenvalue weighted by Gasteiger charge is -2.40. The van der Waals surface area contributed by atoms with Gasteiger partial charge in [0, 0.05) is 69.6 Å². The van der Waals surface area contributed by atoms with Gasteiger partial charge in [-0.15, -0.1) is 24.0 Å². The van der Waals surface area contributed by atoms with E-state index in [2.05, 4.69) is 83.4 Å². The maximum Gasteiger partial charge on any atom is 0.191 e. The lowest BCUT2D eigenvalue weighted by molar-refractivity contribution is -0.00684. The van der Waals surface area contributed by atoms with E-state index < -0.39 is 0 Å². The quantitative estimate of drug-likeness (QED) is 0.291. The molecule has 2 heterocycles. The number of anilines is 1. The van der Waals surface area contributed by atoms with Crippen molar-refractivity contribution < 1.29 is 4.74 Å². The fraction of sp³-hybridized carbons (Fsp3) is 0.708. The molecule has 32 heavy (non-hydrogen) atoms. The van der Waals surface area contributed by atoms with E-state index in [0.717, 1.165) is 78.1 Å². The summed E-state index contributed by atoms with van der Waals surface area (Å²) >= 11 is 0. The van der Waals surface area contributed by atoms with Gasteiger partial charge in [0.1, 0.15) is 0 Å². The Bertz CT molecular complexity index is 672. The number of benzene rings is 1. The fourth-order valence-corrected chi connectivity index (χ4v) is 4.32. The van der Waals surface area contributed by atoms with E-state index in [1.165, 1.54) is 5.69 Å². The number of aliphatic imine (C=N–C) groups is 1. The molecule has 7 nitrogen and oxygen atoms in total. The van der Waals surface area contributed by atoms with E-state index in [4.69, 9.17) is 9.73 Å². The monoisotopic (exact) mass is 558 g/mol.